The maximum absolute atomic E-state index is 13.0. The zero-order valence-corrected chi connectivity index (χ0v) is 17.4. The summed E-state index contributed by atoms with van der Waals surface area (Å²) in [6, 6.07) is 11.0. The molecule has 0 atom stereocenters. The van der Waals surface area contributed by atoms with Crippen LogP contribution >= 0.6 is 11.8 Å². The maximum atomic E-state index is 13.0. The lowest BCUT2D eigenvalue weighted by Crippen LogP contribution is -2.28. The van der Waals surface area contributed by atoms with Gasteiger partial charge in [-0.1, -0.05) is 26.0 Å². The van der Waals surface area contributed by atoms with Crippen LogP contribution in [0.5, 0.6) is 11.5 Å². The third-order valence-corrected chi connectivity index (χ3v) is 5.52. The Balaban J connectivity index is 2.02. The molecule has 1 heterocycles. The molecule has 28 heavy (non-hydrogen) atoms. The highest BCUT2D eigenvalue weighted by Crippen LogP contribution is 2.40. The van der Waals surface area contributed by atoms with Crippen LogP contribution in [0.3, 0.4) is 0 Å². The number of ether oxygens (including phenoxy) is 2. The number of imide groups is 1. The van der Waals surface area contributed by atoms with Gasteiger partial charge in [-0.15, -0.1) is 0 Å². The molecule has 1 aliphatic heterocycles. The average molecular weight is 397 g/mol. The monoisotopic (exact) mass is 397 g/mol. The molecule has 0 aromatic heterocycles. The predicted octanol–water partition coefficient (Wildman–Crippen LogP) is 5.38. The topological polar surface area (TPSA) is 55.8 Å². The van der Waals surface area contributed by atoms with Gasteiger partial charge in [0, 0.05) is 0 Å². The lowest BCUT2D eigenvalue weighted by atomic mass is 9.96. The first kappa shape index (κ1) is 20.0. The van der Waals surface area contributed by atoms with Crippen molar-refractivity contribution in [3.63, 3.8) is 0 Å². The summed E-state index contributed by atoms with van der Waals surface area (Å²) >= 11 is 0.935. The van der Waals surface area contributed by atoms with E-state index in [0.717, 1.165) is 39.1 Å². The first-order valence-corrected chi connectivity index (χ1v) is 9.78. The van der Waals surface area contributed by atoms with Gasteiger partial charge in [-0.2, -0.15) is 0 Å². The van der Waals surface area contributed by atoms with E-state index in [9.17, 15) is 9.59 Å². The van der Waals surface area contributed by atoms with Gasteiger partial charge in [-0.05, 0) is 71.6 Å². The van der Waals surface area contributed by atoms with E-state index in [1.54, 1.807) is 37.5 Å². The molecule has 0 radical (unpaired) electrons. The van der Waals surface area contributed by atoms with Crippen LogP contribution < -0.4 is 14.4 Å². The predicted molar refractivity (Wildman–Crippen MR) is 113 cm³/mol. The van der Waals surface area contributed by atoms with Crippen LogP contribution in [-0.2, 0) is 4.79 Å². The molecule has 0 spiro atoms. The fraction of sp³-hybridized carbons (Fsp3) is 0.273. The van der Waals surface area contributed by atoms with E-state index >= 15 is 0 Å². The van der Waals surface area contributed by atoms with Gasteiger partial charge in [0.25, 0.3) is 11.1 Å². The minimum Gasteiger partial charge on any atom is -0.496 e. The van der Waals surface area contributed by atoms with E-state index < -0.39 is 0 Å². The fourth-order valence-corrected chi connectivity index (χ4v) is 3.96. The Labute approximate surface area is 169 Å². The minimum atomic E-state index is -0.346. The van der Waals surface area contributed by atoms with Crippen molar-refractivity contribution in [3.05, 3.63) is 58.0 Å². The Morgan fingerprint density at radius 3 is 2.36 bits per heavy atom. The highest BCUT2D eigenvalue weighted by Gasteiger charge is 2.37. The Morgan fingerprint density at radius 1 is 1.04 bits per heavy atom. The van der Waals surface area contributed by atoms with Crippen molar-refractivity contribution in [2.75, 3.05) is 19.1 Å². The van der Waals surface area contributed by atoms with Crippen LogP contribution in [0, 0.1) is 6.92 Å². The van der Waals surface area contributed by atoms with Crippen LogP contribution in [0.15, 0.2) is 41.3 Å². The molecule has 1 aliphatic rings. The Morgan fingerprint density at radius 2 is 1.71 bits per heavy atom. The number of methoxy groups -OCH3 is 2. The molecule has 2 aromatic rings. The van der Waals surface area contributed by atoms with Crippen LogP contribution in [0.4, 0.5) is 10.5 Å². The summed E-state index contributed by atoms with van der Waals surface area (Å²) in [7, 11) is 3.17. The summed E-state index contributed by atoms with van der Waals surface area (Å²) in [5, 5.41) is -0.337. The molecule has 2 amide bonds. The maximum Gasteiger partial charge on any atom is 0.298 e. The van der Waals surface area contributed by atoms with E-state index in [-0.39, 0.29) is 17.1 Å². The van der Waals surface area contributed by atoms with Gasteiger partial charge in [0.2, 0.25) is 0 Å². The number of hydrogen-bond acceptors (Lipinski definition) is 5. The molecule has 0 N–H and O–H groups in total. The first-order chi connectivity index (χ1) is 13.4. The lowest BCUT2D eigenvalue weighted by molar-refractivity contribution is -0.113. The van der Waals surface area contributed by atoms with Gasteiger partial charge >= 0.3 is 0 Å². The molecule has 0 unspecified atom stereocenters. The number of rotatable bonds is 5. The number of benzene rings is 2. The SMILES string of the molecule is COc1cc(C)c(C=C2SC(=O)N(c3ccccc3OC)C2=O)cc1C(C)C. The van der Waals surface area contributed by atoms with Gasteiger partial charge in [-0.25, -0.2) is 4.90 Å². The molecule has 3 rings (SSSR count). The van der Waals surface area contributed by atoms with Crippen molar-refractivity contribution in [1.29, 1.82) is 0 Å². The van der Waals surface area contributed by atoms with Gasteiger partial charge in [0.05, 0.1) is 24.8 Å². The highest BCUT2D eigenvalue weighted by atomic mass is 32.2. The second-order valence-electron chi connectivity index (χ2n) is 6.79. The van der Waals surface area contributed by atoms with Crippen LogP contribution in [0.2, 0.25) is 0 Å². The molecular weight excluding hydrogens is 374 g/mol. The molecular formula is C22H23NO4S. The second kappa shape index (κ2) is 8.10. The third-order valence-electron chi connectivity index (χ3n) is 4.65. The van der Waals surface area contributed by atoms with Gasteiger partial charge < -0.3 is 9.47 Å². The summed E-state index contributed by atoms with van der Waals surface area (Å²) in [6.45, 7) is 6.14. The zero-order valence-electron chi connectivity index (χ0n) is 16.6. The standard InChI is InChI=1S/C22H23NO4S/c1-13(2)16-11-15(14(3)10-19(16)27-5)12-20-21(24)23(22(25)28-20)17-8-6-7-9-18(17)26-4/h6-13H,1-5H3. The van der Waals surface area contributed by atoms with Crippen molar-refractivity contribution in [1.82, 2.24) is 0 Å². The van der Waals surface area contributed by atoms with Crippen molar-refractivity contribution < 1.29 is 19.1 Å². The Bertz CT molecular complexity index is 965. The van der Waals surface area contributed by atoms with E-state index in [1.807, 2.05) is 19.1 Å². The van der Waals surface area contributed by atoms with E-state index in [0.29, 0.717) is 16.3 Å². The van der Waals surface area contributed by atoms with Crippen molar-refractivity contribution in [2.45, 2.75) is 26.7 Å². The summed E-state index contributed by atoms with van der Waals surface area (Å²) in [5.74, 6) is 1.23. The average Bonchev–Trinajstić information content (AvgIpc) is 2.95. The molecule has 146 valence electrons. The fourth-order valence-electron chi connectivity index (χ4n) is 3.13. The summed E-state index contributed by atoms with van der Waals surface area (Å²) in [6.07, 6.45) is 1.78. The number of anilines is 1. The molecule has 5 nitrogen and oxygen atoms in total. The highest BCUT2D eigenvalue weighted by molar-refractivity contribution is 8.19. The normalized spacial score (nSPS) is 15.6. The van der Waals surface area contributed by atoms with Crippen LogP contribution in [0.25, 0.3) is 6.08 Å². The number of aryl methyl sites for hydroxylation is 1. The quantitative estimate of drug-likeness (QED) is 0.634. The molecule has 6 heteroatoms. The smallest absolute Gasteiger partial charge is 0.298 e. The largest absolute Gasteiger partial charge is 0.496 e. The van der Waals surface area contributed by atoms with Crippen molar-refractivity contribution in [2.24, 2.45) is 0 Å². The van der Waals surface area contributed by atoms with Crippen LogP contribution in [-0.4, -0.2) is 25.4 Å². The van der Waals surface area contributed by atoms with Crippen molar-refractivity contribution >= 4 is 34.7 Å². The van der Waals surface area contributed by atoms with Crippen molar-refractivity contribution in [3.8, 4) is 11.5 Å². The number of thioether (sulfide) groups is 1. The Kier molecular flexibility index (Phi) is 5.79. The summed E-state index contributed by atoms with van der Waals surface area (Å²) in [4.78, 5) is 27.1. The molecule has 1 fully saturated rings. The number of carbonyl (C=O) groups excluding carboxylic acids is 2. The minimum absolute atomic E-state index is 0.270. The van der Waals surface area contributed by atoms with E-state index in [2.05, 4.69) is 13.8 Å². The first-order valence-electron chi connectivity index (χ1n) is 8.96. The van der Waals surface area contributed by atoms with Gasteiger partial charge in [-0.3, -0.25) is 9.59 Å². The summed E-state index contributed by atoms with van der Waals surface area (Å²) in [5.41, 5.74) is 3.38. The number of carbonyl (C=O) groups is 2. The molecule has 0 bridgehead atoms. The number of para-hydroxylation sites is 2. The summed E-state index contributed by atoms with van der Waals surface area (Å²) < 4.78 is 10.8. The van der Waals surface area contributed by atoms with Gasteiger partial charge in [0.15, 0.2) is 0 Å². The van der Waals surface area contributed by atoms with Gasteiger partial charge in [0.1, 0.15) is 11.5 Å². The Hall–Kier alpha value is -2.73. The molecule has 1 saturated heterocycles. The number of amides is 2. The third kappa shape index (κ3) is 3.64. The number of hydrogen-bond donors (Lipinski definition) is 0. The number of nitrogens with zero attached hydrogens (tertiary/aromatic N) is 1. The van der Waals surface area contributed by atoms with E-state index in [4.69, 9.17) is 9.47 Å². The molecule has 0 aliphatic carbocycles. The van der Waals surface area contributed by atoms with E-state index in [1.165, 1.54) is 7.11 Å². The lowest BCUT2D eigenvalue weighted by Gasteiger charge is -2.16. The molecule has 2 aromatic carbocycles. The second-order valence-corrected chi connectivity index (χ2v) is 7.79. The zero-order chi connectivity index (χ0) is 20.4. The molecule has 0 saturated carbocycles. The van der Waals surface area contributed by atoms with Crippen LogP contribution in [0.1, 0.15) is 36.5 Å².